The summed E-state index contributed by atoms with van der Waals surface area (Å²) in [4.78, 5) is 39.0. The Bertz CT molecular complexity index is 1210. The highest BCUT2D eigenvalue weighted by Gasteiger charge is 2.35. The number of anilines is 2. The van der Waals surface area contributed by atoms with Crippen LogP contribution in [-0.2, 0) is 27.3 Å². The average Bonchev–Trinajstić information content (AvgIpc) is 3.29. The van der Waals surface area contributed by atoms with Gasteiger partial charge in [0.2, 0.25) is 11.8 Å². The van der Waals surface area contributed by atoms with Gasteiger partial charge in [-0.2, -0.15) is 0 Å². The van der Waals surface area contributed by atoms with Crippen molar-refractivity contribution in [3.05, 3.63) is 88.9 Å². The van der Waals surface area contributed by atoms with Crippen molar-refractivity contribution in [1.29, 1.82) is 0 Å². The molecule has 3 aromatic rings. The SMILES string of the molecule is CCc1ccc(CNC(=O)[C@H]2CC(=O)N(c3ccc(OCC(=O)Nc4ccc(Cl)cc4)cc3)C2)cc1. The summed E-state index contributed by atoms with van der Waals surface area (Å²) in [5.74, 6) is -0.429. The van der Waals surface area contributed by atoms with Gasteiger partial charge >= 0.3 is 0 Å². The summed E-state index contributed by atoms with van der Waals surface area (Å²) in [6.45, 7) is 2.70. The maximum Gasteiger partial charge on any atom is 0.262 e. The second-order valence-electron chi connectivity index (χ2n) is 8.63. The minimum atomic E-state index is -0.403. The highest BCUT2D eigenvalue weighted by molar-refractivity contribution is 6.30. The normalized spacial score (nSPS) is 15.0. The quantitative estimate of drug-likeness (QED) is 0.445. The number of carbonyl (C=O) groups is 3. The van der Waals surface area contributed by atoms with Crippen molar-refractivity contribution in [2.45, 2.75) is 26.3 Å². The molecule has 0 saturated carbocycles. The van der Waals surface area contributed by atoms with E-state index in [1.54, 1.807) is 53.4 Å². The first-order chi connectivity index (χ1) is 17.4. The molecule has 7 nitrogen and oxygen atoms in total. The van der Waals surface area contributed by atoms with Crippen molar-refractivity contribution < 1.29 is 19.1 Å². The van der Waals surface area contributed by atoms with Crippen molar-refractivity contribution in [1.82, 2.24) is 5.32 Å². The number of hydrogen-bond acceptors (Lipinski definition) is 4. The zero-order valence-electron chi connectivity index (χ0n) is 20.0. The molecule has 2 N–H and O–H groups in total. The minimum absolute atomic E-state index is 0.0986. The molecular weight excluding hydrogens is 478 g/mol. The van der Waals surface area contributed by atoms with Crippen molar-refractivity contribution >= 4 is 40.7 Å². The molecule has 1 fully saturated rings. The Kier molecular flexibility index (Phi) is 8.23. The lowest BCUT2D eigenvalue weighted by atomic mass is 10.1. The summed E-state index contributed by atoms with van der Waals surface area (Å²) in [6, 6.07) is 21.8. The Morgan fingerprint density at radius 1 is 0.972 bits per heavy atom. The fourth-order valence-corrected chi connectivity index (χ4v) is 4.09. The van der Waals surface area contributed by atoms with Gasteiger partial charge in [0.1, 0.15) is 5.75 Å². The van der Waals surface area contributed by atoms with Gasteiger partial charge < -0.3 is 20.3 Å². The van der Waals surface area contributed by atoms with E-state index in [1.165, 1.54) is 5.56 Å². The molecule has 36 heavy (non-hydrogen) atoms. The Morgan fingerprint density at radius 3 is 2.31 bits per heavy atom. The molecule has 1 heterocycles. The van der Waals surface area contributed by atoms with Crippen molar-refractivity contribution in [3.63, 3.8) is 0 Å². The van der Waals surface area contributed by atoms with E-state index in [9.17, 15) is 14.4 Å². The lowest BCUT2D eigenvalue weighted by Crippen LogP contribution is -2.32. The van der Waals surface area contributed by atoms with Gasteiger partial charge in [-0.1, -0.05) is 42.8 Å². The molecule has 3 amide bonds. The molecule has 0 bridgehead atoms. The molecular formula is C28H28ClN3O4. The minimum Gasteiger partial charge on any atom is -0.484 e. The molecule has 1 saturated heterocycles. The summed E-state index contributed by atoms with van der Waals surface area (Å²) < 4.78 is 5.55. The number of rotatable bonds is 9. The second kappa shape index (κ2) is 11.7. The van der Waals surface area contributed by atoms with Gasteiger partial charge in [-0.25, -0.2) is 0 Å². The lowest BCUT2D eigenvalue weighted by molar-refractivity contribution is -0.126. The van der Waals surface area contributed by atoms with Crippen LogP contribution in [0.25, 0.3) is 0 Å². The van der Waals surface area contributed by atoms with Gasteiger partial charge in [0, 0.05) is 35.9 Å². The molecule has 0 unspecified atom stereocenters. The van der Waals surface area contributed by atoms with Crippen molar-refractivity contribution in [3.8, 4) is 5.75 Å². The van der Waals surface area contributed by atoms with Crippen LogP contribution >= 0.6 is 11.6 Å². The van der Waals surface area contributed by atoms with Gasteiger partial charge in [-0.05, 0) is 66.1 Å². The van der Waals surface area contributed by atoms with E-state index in [0.717, 1.165) is 12.0 Å². The molecule has 4 rings (SSSR count). The fraction of sp³-hybridized carbons (Fsp3) is 0.250. The molecule has 1 aliphatic rings. The monoisotopic (exact) mass is 505 g/mol. The maximum atomic E-state index is 12.7. The van der Waals surface area contributed by atoms with E-state index in [-0.39, 0.29) is 30.7 Å². The van der Waals surface area contributed by atoms with E-state index in [1.807, 2.05) is 12.1 Å². The first-order valence-corrected chi connectivity index (χ1v) is 12.2. The summed E-state index contributed by atoms with van der Waals surface area (Å²) in [7, 11) is 0. The van der Waals surface area contributed by atoms with Crippen LogP contribution < -0.4 is 20.3 Å². The molecule has 3 aromatic carbocycles. The third-order valence-corrected chi connectivity index (χ3v) is 6.29. The molecule has 0 aromatic heterocycles. The van der Waals surface area contributed by atoms with Gasteiger partial charge in [0.15, 0.2) is 6.61 Å². The average molecular weight is 506 g/mol. The second-order valence-corrected chi connectivity index (χ2v) is 9.07. The summed E-state index contributed by atoms with van der Waals surface area (Å²) >= 11 is 5.85. The predicted molar refractivity (Wildman–Crippen MR) is 140 cm³/mol. The molecule has 8 heteroatoms. The number of benzene rings is 3. The number of nitrogens with one attached hydrogen (secondary N) is 2. The third kappa shape index (κ3) is 6.64. The van der Waals surface area contributed by atoms with Crippen LogP contribution in [0.2, 0.25) is 5.02 Å². The van der Waals surface area contributed by atoms with Crippen LogP contribution in [0.5, 0.6) is 5.75 Å². The van der Waals surface area contributed by atoms with Crippen molar-refractivity contribution in [2.75, 3.05) is 23.4 Å². The number of amides is 3. The van der Waals surface area contributed by atoms with Crippen LogP contribution in [0, 0.1) is 5.92 Å². The predicted octanol–water partition coefficient (Wildman–Crippen LogP) is 4.59. The van der Waals surface area contributed by atoms with Gasteiger partial charge in [-0.3, -0.25) is 14.4 Å². The molecule has 1 aliphatic heterocycles. The molecule has 0 radical (unpaired) electrons. The van der Waals surface area contributed by atoms with Gasteiger partial charge in [-0.15, -0.1) is 0 Å². The smallest absolute Gasteiger partial charge is 0.262 e. The number of halogens is 1. The van der Waals surface area contributed by atoms with E-state index in [2.05, 4.69) is 29.7 Å². The Balaban J connectivity index is 1.25. The zero-order valence-corrected chi connectivity index (χ0v) is 20.8. The summed E-state index contributed by atoms with van der Waals surface area (Å²) in [5, 5.41) is 6.26. The number of aryl methyl sites for hydroxylation is 1. The first kappa shape index (κ1) is 25.3. The van der Waals surface area contributed by atoms with E-state index in [4.69, 9.17) is 16.3 Å². The molecule has 1 atom stereocenters. The van der Waals surface area contributed by atoms with Crippen LogP contribution in [0.15, 0.2) is 72.8 Å². The Hall–Kier alpha value is -3.84. The number of ether oxygens (including phenoxy) is 1. The first-order valence-electron chi connectivity index (χ1n) is 11.9. The number of carbonyl (C=O) groups excluding carboxylic acids is 3. The topological polar surface area (TPSA) is 87.7 Å². The van der Waals surface area contributed by atoms with Crippen LogP contribution in [0.1, 0.15) is 24.5 Å². The molecule has 0 spiro atoms. The lowest BCUT2D eigenvalue weighted by Gasteiger charge is -2.17. The highest BCUT2D eigenvalue weighted by Crippen LogP contribution is 2.27. The zero-order chi connectivity index (χ0) is 25.5. The Labute approximate surface area is 215 Å². The molecule has 0 aliphatic carbocycles. The van der Waals surface area contributed by atoms with Crippen LogP contribution in [0.4, 0.5) is 11.4 Å². The standard InChI is InChI=1S/C28H28ClN3O4/c1-2-19-3-5-20(6-4-19)16-30-28(35)21-15-27(34)32(17-21)24-11-13-25(14-12-24)36-18-26(33)31-23-9-7-22(29)8-10-23/h3-14,21H,2,15-18H2,1H3,(H,30,35)(H,31,33)/t21-/m0/s1. The molecule has 186 valence electrons. The largest absolute Gasteiger partial charge is 0.484 e. The maximum absolute atomic E-state index is 12.7. The number of nitrogens with zero attached hydrogens (tertiary/aromatic N) is 1. The van der Waals surface area contributed by atoms with Crippen LogP contribution in [-0.4, -0.2) is 30.9 Å². The van der Waals surface area contributed by atoms with Gasteiger partial charge in [0.25, 0.3) is 5.91 Å². The van der Waals surface area contributed by atoms with Crippen molar-refractivity contribution in [2.24, 2.45) is 5.92 Å². The third-order valence-electron chi connectivity index (χ3n) is 6.04. The fourth-order valence-electron chi connectivity index (χ4n) is 3.96. The van der Waals surface area contributed by atoms with E-state index < -0.39 is 5.92 Å². The summed E-state index contributed by atoms with van der Waals surface area (Å²) in [5.41, 5.74) is 3.59. The van der Waals surface area contributed by atoms with E-state index >= 15 is 0 Å². The number of hydrogen-bond donors (Lipinski definition) is 2. The van der Waals surface area contributed by atoms with E-state index in [0.29, 0.717) is 35.2 Å². The Morgan fingerprint density at radius 2 is 1.64 bits per heavy atom. The highest BCUT2D eigenvalue weighted by atomic mass is 35.5. The summed E-state index contributed by atoms with van der Waals surface area (Å²) in [6.07, 6.45) is 1.14. The van der Waals surface area contributed by atoms with Gasteiger partial charge in [0.05, 0.1) is 5.92 Å². The van der Waals surface area contributed by atoms with Crippen LogP contribution in [0.3, 0.4) is 0 Å².